The van der Waals surface area contributed by atoms with Crippen molar-refractivity contribution < 1.29 is 14.3 Å². The Morgan fingerprint density at radius 1 is 1.30 bits per heavy atom. The number of phenols is 1. The molecule has 0 spiro atoms. The number of nitrogens with zero attached hydrogens (tertiary/aromatic N) is 3. The highest BCUT2D eigenvalue weighted by Crippen LogP contribution is 2.29. The number of aromatic nitrogens is 2. The molecule has 0 unspecified atom stereocenters. The Bertz CT molecular complexity index is 908. The van der Waals surface area contributed by atoms with Crippen molar-refractivity contribution in [3.63, 3.8) is 0 Å². The maximum atomic E-state index is 12.1. The fraction of sp³-hybridized carbons (Fsp3) is 0.278. The van der Waals surface area contributed by atoms with Gasteiger partial charge in [0.2, 0.25) is 0 Å². The van der Waals surface area contributed by atoms with Crippen molar-refractivity contribution in [1.29, 1.82) is 0 Å². The number of carbonyl (C=O) groups is 1. The van der Waals surface area contributed by atoms with Crippen molar-refractivity contribution in [1.82, 2.24) is 13.6 Å². The minimum atomic E-state index is -0.263. The largest absolute Gasteiger partial charge is 0.505 e. The first-order chi connectivity index (χ1) is 13.0. The van der Waals surface area contributed by atoms with E-state index in [2.05, 4.69) is 19.4 Å². The number of nitrogens with one attached hydrogen (secondary N) is 2. The highest BCUT2D eigenvalue weighted by Gasteiger charge is 2.17. The van der Waals surface area contributed by atoms with E-state index in [9.17, 15) is 9.90 Å². The number of furan rings is 1. The first-order valence-electron chi connectivity index (χ1n) is 8.36. The van der Waals surface area contributed by atoms with E-state index < -0.39 is 0 Å². The van der Waals surface area contributed by atoms with Gasteiger partial charge in [-0.1, -0.05) is 6.07 Å². The van der Waals surface area contributed by atoms with Crippen LogP contribution in [0.3, 0.4) is 0 Å². The zero-order valence-electron chi connectivity index (χ0n) is 15.3. The molecule has 3 N–H and O–H groups in total. The first kappa shape index (κ1) is 18.7. The van der Waals surface area contributed by atoms with Gasteiger partial charge in [-0.3, -0.25) is 4.79 Å². The van der Waals surface area contributed by atoms with Gasteiger partial charge < -0.3 is 25.1 Å². The van der Waals surface area contributed by atoms with Gasteiger partial charge in [-0.25, -0.2) is 0 Å². The number of benzene rings is 1. The minimum Gasteiger partial charge on any atom is -0.505 e. The summed E-state index contributed by atoms with van der Waals surface area (Å²) in [6, 6.07) is 8.68. The molecule has 2 heterocycles. The number of amides is 1. The molecule has 27 heavy (non-hydrogen) atoms. The normalized spacial score (nSPS) is 11.8. The van der Waals surface area contributed by atoms with E-state index in [-0.39, 0.29) is 23.3 Å². The topological polar surface area (TPSA) is 104 Å². The summed E-state index contributed by atoms with van der Waals surface area (Å²) in [6.07, 6.45) is 1.63. The molecule has 0 fully saturated rings. The summed E-state index contributed by atoms with van der Waals surface area (Å²) in [5, 5.41) is 16.8. The van der Waals surface area contributed by atoms with Gasteiger partial charge in [-0.05, 0) is 31.2 Å². The number of phenolic OH excluding ortho intramolecular Hbond substituents is 1. The average Bonchev–Trinajstić information content (AvgIpc) is 3.32. The van der Waals surface area contributed by atoms with Crippen molar-refractivity contribution in [2.75, 3.05) is 24.7 Å². The van der Waals surface area contributed by atoms with Crippen molar-refractivity contribution in [2.24, 2.45) is 0 Å². The molecule has 0 saturated heterocycles. The standard InChI is InChI=1S/C18H21N5O3S/c1-11(15-8-5-9-26-15)20-17-14(21-27-22-17)10-19-13-7-4-6-12(16(13)24)18(25)23(2)3/h4-9,11,19,24H,10H2,1-3H3,(H,20,22)/t11-/m1/s1. The molecule has 0 aliphatic heterocycles. The van der Waals surface area contributed by atoms with Crippen LogP contribution in [0.4, 0.5) is 11.5 Å². The molecule has 1 amide bonds. The molecule has 1 aromatic carbocycles. The molecule has 3 aromatic rings. The number of aromatic hydroxyl groups is 1. The summed E-state index contributed by atoms with van der Waals surface area (Å²) in [6.45, 7) is 2.31. The molecular weight excluding hydrogens is 366 g/mol. The second-order valence-corrected chi connectivity index (χ2v) is 6.72. The number of anilines is 2. The monoisotopic (exact) mass is 387 g/mol. The Morgan fingerprint density at radius 2 is 2.11 bits per heavy atom. The van der Waals surface area contributed by atoms with Crippen LogP contribution >= 0.6 is 11.7 Å². The third-order valence-corrected chi connectivity index (χ3v) is 4.56. The lowest BCUT2D eigenvalue weighted by Crippen LogP contribution is -2.21. The third-order valence-electron chi connectivity index (χ3n) is 4.00. The Morgan fingerprint density at radius 3 is 2.81 bits per heavy atom. The van der Waals surface area contributed by atoms with Gasteiger partial charge in [0, 0.05) is 14.1 Å². The summed E-state index contributed by atoms with van der Waals surface area (Å²) in [7, 11) is 3.28. The predicted molar refractivity (Wildman–Crippen MR) is 104 cm³/mol. The minimum absolute atomic E-state index is 0.0582. The SMILES string of the molecule is C[C@@H](Nc1nsnc1CNc1cccc(C(=O)N(C)C)c1O)c1ccco1. The molecule has 1 atom stereocenters. The highest BCUT2D eigenvalue weighted by molar-refractivity contribution is 6.99. The fourth-order valence-corrected chi connectivity index (χ4v) is 3.05. The number of hydrogen-bond acceptors (Lipinski definition) is 8. The summed E-state index contributed by atoms with van der Waals surface area (Å²) in [5.74, 6) is 1.10. The second kappa shape index (κ2) is 8.09. The Kier molecular flexibility index (Phi) is 5.60. The van der Waals surface area contributed by atoms with Crippen molar-refractivity contribution in [2.45, 2.75) is 19.5 Å². The molecule has 3 rings (SSSR count). The van der Waals surface area contributed by atoms with Gasteiger partial charge in [-0.15, -0.1) is 0 Å². The van der Waals surface area contributed by atoms with Gasteiger partial charge in [0.15, 0.2) is 11.6 Å². The lowest BCUT2D eigenvalue weighted by Gasteiger charge is -2.15. The lowest BCUT2D eigenvalue weighted by molar-refractivity contribution is 0.0824. The zero-order valence-corrected chi connectivity index (χ0v) is 16.1. The highest BCUT2D eigenvalue weighted by atomic mass is 32.1. The van der Waals surface area contributed by atoms with E-state index in [1.54, 1.807) is 38.6 Å². The van der Waals surface area contributed by atoms with Crippen LogP contribution in [0.1, 0.15) is 34.8 Å². The van der Waals surface area contributed by atoms with Crippen LogP contribution < -0.4 is 10.6 Å². The molecule has 2 aromatic heterocycles. The van der Waals surface area contributed by atoms with E-state index in [1.165, 1.54) is 4.90 Å². The third kappa shape index (κ3) is 4.20. The molecule has 0 aliphatic carbocycles. The molecule has 142 valence electrons. The predicted octanol–water partition coefficient (Wildman–Crippen LogP) is 3.32. The van der Waals surface area contributed by atoms with Crippen LogP contribution in [-0.4, -0.2) is 38.8 Å². The molecule has 0 radical (unpaired) electrons. The van der Waals surface area contributed by atoms with Gasteiger partial charge in [-0.2, -0.15) is 8.75 Å². The summed E-state index contributed by atoms with van der Waals surface area (Å²) in [5.41, 5.74) is 1.41. The number of hydrogen-bond donors (Lipinski definition) is 3. The summed E-state index contributed by atoms with van der Waals surface area (Å²) in [4.78, 5) is 13.6. The fourth-order valence-electron chi connectivity index (χ4n) is 2.52. The van der Waals surface area contributed by atoms with Crippen molar-refractivity contribution in [3.8, 4) is 5.75 Å². The molecule has 9 heteroatoms. The average molecular weight is 387 g/mol. The molecule has 0 bridgehead atoms. The maximum absolute atomic E-state index is 12.1. The van der Waals surface area contributed by atoms with Crippen LogP contribution in [0, 0.1) is 0 Å². The van der Waals surface area contributed by atoms with E-state index >= 15 is 0 Å². The molecule has 0 saturated carbocycles. The van der Waals surface area contributed by atoms with E-state index in [0.717, 1.165) is 17.5 Å². The van der Waals surface area contributed by atoms with Crippen LogP contribution in [-0.2, 0) is 6.54 Å². The smallest absolute Gasteiger partial charge is 0.257 e. The van der Waals surface area contributed by atoms with Gasteiger partial charge in [0.05, 0.1) is 41.8 Å². The second-order valence-electron chi connectivity index (χ2n) is 6.20. The number of para-hydroxylation sites is 1. The van der Waals surface area contributed by atoms with Gasteiger partial charge >= 0.3 is 0 Å². The van der Waals surface area contributed by atoms with E-state index in [0.29, 0.717) is 23.7 Å². The Hall–Kier alpha value is -3.07. The number of carbonyl (C=O) groups excluding carboxylic acids is 1. The molecular formula is C18H21N5O3S. The van der Waals surface area contributed by atoms with Crippen LogP contribution in [0.5, 0.6) is 5.75 Å². The van der Waals surface area contributed by atoms with Crippen LogP contribution in [0.15, 0.2) is 41.0 Å². The van der Waals surface area contributed by atoms with Gasteiger partial charge in [0.25, 0.3) is 5.91 Å². The first-order valence-corrected chi connectivity index (χ1v) is 9.09. The Labute approximate surface area is 161 Å². The van der Waals surface area contributed by atoms with Crippen molar-refractivity contribution in [3.05, 3.63) is 53.6 Å². The van der Waals surface area contributed by atoms with Crippen LogP contribution in [0.2, 0.25) is 0 Å². The quantitative estimate of drug-likeness (QED) is 0.534. The van der Waals surface area contributed by atoms with Crippen LogP contribution in [0.25, 0.3) is 0 Å². The summed E-state index contributed by atoms with van der Waals surface area (Å²) >= 11 is 1.10. The number of rotatable bonds is 7. The maximum Gasteiger partial charge on any atom is 0.257 e. The van der Waals surface area contributed by atoms with E-state index in [1.807, 2.05) is 19.1 Å². The zero-order chi connectivity index (χ0) is 19.4. The molecule has 8 nitrogen and oxygen atoms in total. The van der Waals surface area contributed by atoms with Gasteiger partial charge in [0.1, 0.15) is 11.5 Å². The lowest BCUT2D eigenvalue weighted by atomic mass is 10.1. The van der Waals surface area contributed by atoms with E-state index in [4.69, 9.17) is 4.42 Å². The molecule has 0 aliphatic rings. The van der Waals surface area contributed by atoms with Crippen molar-refractivity contribution >= 4 is 29.1 Å². The summed E-state index contributed by atoms with van der Waals surface area (Å²) < 4.78 is 14.0. The Balaban J connectivity index is 1.71.